The lowest BCUT2D eigenvalue weighted by Crippen LogP contribution is -2.22. The molecule has 0 radical (unpaired) electrons. The molecule has 0 saturated carbocycles. The van der Waals surface area contributed by atoms with Crippen LogP contribution in [0.5, 0.6) is 11.5 Å². The molecule has 1 N–H and O–H groups in total. The average molecular weight is 441 g/mol. The molecular weight excluding hydrogens is 416 g/mol. The highest BCUT2D eigenvalue weighted by Crippen LogP contribution is 2.28. The molecule has 0 aromatic heterocycles. The van der Waals surface area contributed by atoms with E-state index in [1.807, 2.05) is 13.0 Å². The van der Waals surface area contributed by atoms with E-state index in [4.69, 9.17) is 21.1 Å². The number of rotatable bonds is 9. The Hall–Kier alpha value is -2.29. The summed E-state index contributed by atoms with van der Waals surface area (Å²) in [5.74, 6) is 0.804. The number of benzene rings is 2. The molecule has 7 nitrogen and oxygen atoms in total. The molecule has 0 spiro atoms. The van der Waals surface area contributed by atoms with Gasteiger partial charge >= 0.3 is 0 Å². The van der Waals surface area contributed by atoms with Crippen molar-refractivity contribution < 1.29 is 22.7 Å². The molecule has 0 aliphatic heterocycles. The molecule has 0 saturated heterocycles. The summed E-state index contributed by atoms with van der Waals surface area (Å²) in [5, 5.41) is 3.38. The molecule has 0 unspecified atom stereocenters. The fraction of sp³-hybridized carbons (Fsp3) is 0.350. The fourth-order valence-corrected chi connectivity index (χ4v) is 3.54. The van der Waals surface area contributed by atoms with Crippen molar-refractivity contribution in [2.45, 2.75) is 24.7 Å². The number of hydrogen-bond acceptors (Lipinski definition) is 5. The molecule has 0 bridgehead atoms. The van der Waals surface area contributed by atoms with Crippen molar-refractivity contribution in [1.82, 2.24) is 4.31 Å². The Morgan fingerprint density at radius 2 is 1.90 bits per heavy atom. The van der Waals surface area contributed by atoms with Gasteiger partial charge in [-0.3, -0.25) is 4.79 Å². The molecular formula is C20H25ClN2O5S. The van der Waals surface area contributed by atoms with Crippen LogP contribution in [0.15, 0.2) is 41.3 Å². The van der Waals surface area contributed by atoms with Gasteiger partial charge in [-0.2, -0.15) is 0 Å². The van der Waals surface area contributed by atoms with E-state index in [0.29, 0.717) is 35.2 Å². The minimum absolute atomic E-state index is 0.0695. The number of methoxy groups -OCH3 is 1. The molecule has 1 amide bonds. The van der Waals surface area contributed by atoms with Crippen LogP contribution >= 0.6 is 11.6 Å². The van der Waals surface area contributed by atoms with Crippen LogP contribution in [0.1, 0.15) is 18.4 Å². The smallest absolute Gasteiger partial charge is 0.242 e. The summed E-state index contributed by atoms with van der Waals surface area (Å²) >= 11 is 5.98. The Morgan fingerprint density at radius 1 is 1.17 bits per heavy atom. The number of nitrogens with one attached hydrogen (secondary N) is 1. The van der Waals surface area contributed by atoms with Crippen molar-refractivity contribution in [3.63, 3.8) is 0 Å². The van der Waals surface area contributed by atoms with Crippen LogP contribution in [-0.2, 0) is 14.8 Å². The first-order chi connectivity index (χ1) is 13.6. The Balaban J connectivity index is 1.96. The Bertz CT molecular complexity index is 977. The first-order valence-electron chi connectivity index (χ1n) is 8.94. The van der Waals surface area contributed by atoms with Crippen molar-refractivity contribution in [3.05, 3.63) is 47.0 Å². The maximum Gasteiger partial charge on any atom is 0.242 e. The number of anilines is 1. The third kappa shape index (κ3) is 6.09. The Kier molecular flexibility index (Phi) is 7.89. The van der Waals surface area contributed by atoms with Crippen LogP contribution < -0.4 is 14.8 Å². The summed E-state index contributed by atoms with van der Waals surface area (Å²) in [6.45, 7) is 2.25. The lowest BCUT2D eigenvalue weighted by molar-refractivity contribution is -0.116. The summed E-state index contributed by atoms with van der Waals surface area (Å²) in [5.41, 5.74) is 1.22. The van der Waals surface area contributed by atoms with Gasteiger partial charge < -0.3 is 14.8 Å². The predicted molar refractivity (Wildman–Crippen MR) is 113 cm³/mol. The van der Waals surface area contributed by atoms with Crippen LogP contribution in [0.3, 0.4) is 0 Å². The van der Waals surface area contributed by atoms with E-state index < -0.39 is 10.0 Å². The normalized spacial score (nSPS) is 11.4. The number of amides is 1. The van der Waals surface area contributed by atoms with E-state index in [0.717, 1.165) is 9.87 Å². The highest BCUT2D eigenvalue weighted by Gasteiger charge is 2.19. The van der Waals surface area contributed by atoms with Gasteiger partial charge in [-0.1, -0.05) is 11.6 Å². The monoisotopic (exact) mass is 440 g/mol. The molecule has 9 heteroatoms. The highest BCUT2D eigenvalue weighted by molar-refractivity contribution is 7.89. The summed E-state index contributed by atoms with van der Waals surface area (Å²) in [6.07, 6.45) is 0.700. The Labute approximate surface area is 176 Å². The Morgan fingerprint density at radius 3 is 2.52 bits per heavy atom. The highest BCUT2D eigenvalue weighted by atomic mass is 35.5. The zero-order valence-corrected chi connectivity index (χ0v) is 18.4. The molecule has 2 aromatic rings. The van der Waals surface area contributed by atoms with Crippen LogP contribution in [0.4, 0.5) is 5.69 Å². The zero-order valence-electron chi connectivity index (χ0n) is 16.9. The molecule has 0 fully saturated rings. The topological polar surface area (TPSA) is 84.9 Å². The van der Waals surface area contributed by atoms with E-state index in [1.165, 1.54) is 39.4 Å². The van der Waals surface area contributed by atoms with Crippen LogP contribution in [-0.4, -0.2) is 46.4 Å². The van der Waals surface area contributed by atoms with Gasteiger partial charge in [-0.15, -0.1) is 0 Å². The van der Waals surface area contributed by atoms with E-state index in [2.05, 4.69) is 5.32 Å². The zero-order chi connectivity index (χ0) is 21.6. The fourth-order valence-electron chi connectivity index (χ4n) is 2.50. The molecule has 158 valence electrons. The molecule has 29 heavy (non-hydrogen) atoms. The van der Waals surface area contributed by atoms with Gasteiger partial charge in [0.05, 0.1) is 24.3 Å². The number of carbonyl (C=O) groups is 1. The number of nitrogens with zero attached hydrogens (tertiary/aromatic N) is 1. The second-order valence-electron chi connectivity index (χ2n) is 6.56. The van der Waals surface area contributed by atoms with E-state index in [1.54, 1.807) is 12.1 Å². The van der Waals surface area contributed by atoms with Gasteiger partial charge in [0.1, 0.15) is 11.5 Å². The van der Waals surface area contributed by atoms with Crippen molar-refractivity contribution in [2.24, 2.45) is 0 Å². The standard InChI is InChI=1S/C20H25ClN2O5S/c1-14-12-15(7-9-17(14)21)28-11-5-6-20(24)22-18-13-16(8-10-19(18)27-4)29(25,26)23(2)3/h7-10,12-13H,5-6,11H2,1-4H3,(H,22,24). The van der Waals surface area contributed by atoms with Gasteiger partial charge in [0.2, 0.25) is 15.9 Å². The second-order valence-corrected chi connectivity index (χ2v) is 9.12. The van der Waals surface area contributed by atoms with E-state index in [-0.39, 0.29) is 17.2 Å². The third-order valence-electron chi connectivity index (χ3n) is 4.17. The van der Waals surface area contributed by atoms with Crippen LogP contribution in [0.25, 0.3) is 0 Å². The molecule has 0 heterocycles. The quantitative estimate of drug-likeness (QED) is 0.601. The molecule has 0 aliphatic carbocycles. The summed E-state index contributed by atoms with van der Waals surface area (Å²) in [6, 6.07) is 9.71. The molecule has 0 aliphatic rings. The average Bonchev–Trinajstić information content (AvgIpc) is 2.67. The summed E-state index contributed by atoms with van der Waals surface area (Å²) in [7, 11) is 0.719. The van der Waals surface area contributed by atoms with Gasteiger partial charge in [-0.05, 0) is 55.3 Å². The van der Waals surface area contributed by atoms with E-state index in [9.17, 15) is 13.2 Å². The van der Waals surface area contributed by atoms with Crippen molar-refractivity contribution in [3.8, 4) is 11.5 Å². The van der Waals surface area contributed by atoms with Crippen LogP contribution in [0.2, 0.25) is 5.02 Å². The number of carbonyl (C=O) groups excluding carboxylic acids is 1. The number of sulfonamides is 1. The minimum atomic E-state index is -3.62. The maximum atomic E-state index is 12.3. The van der Waals surface area contributed by atoms with Crippen molar-refractivity contribution in [1.29, 1.82) is 0 Å². The number of halogens is 1. The predicted octanol–water partition coefficient (Wildman–Crippen LogP) is 3.71. The molecule has 2 rings (SSSR count). The number of hydrogen-bond donors (Lipinski definition) is 1. The summed E-state index contributed by atoms with van der Waals surface area (Å²) < 4.78 is 36.6. The number of ether oxygens (including phenoxy) is 2. The lowest BCUT2D eigenvalue weighted by Gasteiger charge is -2.15. The van der Waals surface area contributed by atoms with Crippen LogP contribution in [0, 0.1) is 6.92 Å². The minimum Gasteiger partial charge on any atom is -0.495 e. The van der Waals surface area contributed by atoms with Gasteiger partial charge in [-0.25, -0.2) is 12.7 Å². The second kappa shape index (κ2) is 9.96. The van der Waals surface area contributed by atoms with Gasteiger partial charge in [0, 0.05) is 25.5 Å². The number of aryl methyl sites for hydroxylation is 1. The van der Waals surface area contributed by atoms with Gasteiger partial charge in [0.15, 0.2) is 0 Å². The third-order valence-corrected chi connectivity index (χ3v) is 6.41. The summed E-state index contributed by atoms with van der Waals surface area (Å²) in [4.78, 5) is 12.4. The van der Waals surface area contributed by atoms with Crippen molar-refractivity contribution >= 4 is 33.2 Å². The molecule has 0 atom stereocenters. The van der Waals surface area contributed by atoms with E-state index >= 15 is 0 Å². The maximum absolute atomic E-state index is 12.3. The molecule has 2 aromatic carbocycles. The largest absolute Gasteiger partial charge is 0.495 e. The first-order valence-corrected chi connectivity index (χ1v) is 10.8. The lowest BCUT2D eigenvalue weighted by atomic mass is 10.2. The van der Waals surface area contributed by atoms with Crippen molar-refractivity contribution in [2.75, 3.05) is 33.1 Å². The van der Waals surface area contributed by atoms with Gasteiger partial charge in [0.25, 0.3) is 0 Å². The SMILES string of the molecule is COc1ccc(S(=O)(=O)N(C)C)cc1NC(=O)CCCOc1ccc(Cl)c(C)c1. The first kappa shape index (κ1) is 23.0.